The number of aromatic nitrogens is 2. The third kappa shape index (κ3) is 4.87. The van der Waals surface area contributed by atoms with Gasteiger partial charge in [-0.2, -0.15) is 8.78 Å². The zero-order valence-electron chi connectivity index (χ0n) is 19.8. The standard InChI is InChI=1S/C25H27F2N7O2/c1-31-15-18-7-6-17(12-21(18)34(31)16-19-4-2-3-5-22(19)36-23(26)27)20-13-29-25(30-14-20)33-10-8-32(9-11-33)24(28)35/h2-7,12-14,23H,8-11,15-16H2,1H3,(H2,28,35). The van der Waals surface area contributed by atoms with Gasteiger partial charge in [0.15, 0.2) is 0 Å². The molecule has 2 aliphatic rings. The first-order chi connectivity index (χ1) is 17.4. The molecule has 1 fully saturated rings. The number of hydrazine groups is 1. The van der Waals surface area contributed by atoms with Gasteiger partial charge in [-0.25, -0.2) is 19.8 Å². The van der Waals surface area contributed by atoms with Crippen molar-refractivity contribution in [2.24, 2.45) is 5.73 Å². The number of ether oxygens (including phenoxy) is 1. The number of halogens is 2. The van der Waals surface area contributed by atoms with E-state index in [-0.39, 0.29) is 5.75 Å². The van der Waals surface area contributed by atoms with Crippen LogP contribution in [-0.4, -0.2) is 65.7 Å². The number of nitrogens with zero attached hydrogens (tertiary/aromatic N) is 6. The lowest BCUT2D eigenvalue weighted by molar-refractivity contribution is -0.0505. The van der Waals surface area contributed by atoms with Gasteiger partial charge in [-0.1, -0.05) is 30.3 Å². The van der Waals surface area contributed by atoms with Crippen LogP contribution in [-0.2, 0) is 13.1 Å². The Balaban J connectivity index is 1.34. The van der Waals surface area contributed by atoms with E-state index in [4.69, 9.17) is 10.5 Å². The number of piperazine rings is 1. The highest BCUT2D eigenvalue weighted by Crippen LogP contribution is 2.36. The number of carbonyl (C=O) groups is 1. The lowest BCUT2D eigenvalue weighted by Gasteiger charge is -2.33. The SMILES string of the molecule is CN1Cc2ccc(-c3cnc(N4CCN(C(N)=O)CC4)nc3)cc2N1Cc1ccccc1OC(F)F. The molecule has 36 heavy (non-hydrogen) atoms. The molecule has 1 aromatic heterocycles. The van der Waals surface area contributed by atoms with Crippen LogP contribution in [0.3, 0.4) is 0 Å². The summed E-state index contributed by atoms with van der Waals surface area (Å²) in [6, 6.07) is 12.6. The molecular formula is C25H27F2N7O2. The van der Waals surface area contributed by atoms with Gasteiger partial charge < -0.3 is 25.3 Å². The lowest BCUT2D eigenvalue weighted by Crippen LogP contribution is -2.50. The molecule has 0 unspecified atom stereocenters. The van der Waals surface area contributed by atoms with E-state index in [2.05, 4.69) is 32.1 Å². The monoisotopic (exact) mass is 495 g/mol. The van der Waals surface area contributed by atoms with E-state index < -0.39 is 12.6 Å². The van der Waals surface area contributed by atoms with Crippen molar-refractivity contribution < 1.29 is 18.3 Å². The average Bonchev–Trinajstić information content (AvgIpc) is 3.19. The minimum absolute atomic E-state index is 0.172. The van der Waals surface area contributed by atoms with E-state index in [0.29, 0.717) is 50.8 Å². The summed E-state index contributed by atoms with van der Waals surface area (Å²) in [7, 11) is 1.96. The van der Waals surface area contributed by atoms with Crippen LogP contribution in [0.15, 0.2) is 54.9 Å². The number of benzene rings is 2. The summed E-state index contributed by atoms with van der Waals surface area (Å²) in [6.45, 7) is 0.553. The van der Waals surface area contributed by atoms with E-state index in [0.717, 1.165) is 22.4 Å². The molecule has 188 valence electrons. The number of carbonyl (C=O) groups excluding carboxylic acids is 1. The minimum Gasteiger partial charge on any atom is -0.434 e. The normalized spacial score (nSPS) is 15.9. The zero-order chi connectivity index (χ0) is 25.2. The highest BCUT2D eigenvalue weighted by molar-refractivity contribution is 5.72. The van der Waals surface area contributed by atoms with Crippen LogP contribution in [0.2, 0.25) is 0 Å². The zero-order valence-corrected chi connectivity index (χ0v) is 19.8. The Kier molecular flexibility index (Phi) is 6.55. The molecular weight excluding hydrogens is 468 g/mol. The Labute approximate surface area is 207 Å². The van der Waals surface area contributed by atoms with Crippen LogP contribution in [0.25, 0.3) is 11.1 Å². The van der Waals surface area contributed by atoms with E-state index in [1.165, 1.54) is 0 Å². The van der Waals surface area contributed by atoms with Crippen molar-refractivity contribution in [3.05, 3.63) is 66.0 Å². The summed E-state index contributed by atoms with van der Waals surface area (Å²) in [5, 5.41) is 4.11. The predicted octanol–water partition coefficient (Wildman–Crippen LogP) is 3.31. The van der Waals surface area contributed by atoms with Gasteiger partial charge in [0, 0.05) is 63.3 Å². The molecule has 3 heterocycles. The number of hydrogen-bond donors (Lipinski definition) is 1. The second kappa shape index (κ2) is 9.94. The number of urea groups is 1. The fraction of sp³-hybridized carbons (Fsp3) is 0.320. The highest BCUT2D eigenvalue weighted by Gasteiger charge is 2.26. The molecule has 9 nitrogen and oxygen atoms in total. The molecule has 0 bridgehead atoms. The summed E-state index contributed by atoms with van der Waals surface area (Å²) in [6.07, 6.45) is 3.58. The fourth-order valence-electron chi connectivity index (χ4n) is 4.61. The summed E-state index contributed by atoms with van der Waals surface area (Å²) < 4.78 is 30.5. The Morgan fingerprint density at radius 1 is 1.06 bits per heavy atom. The Morgan fingerprint density at radius 3 is 2.47 bits per heavy atom. The molecule has 5 rings (SSSR count). The number of rotatable bonds is 6. The number of primary amides is 1. The molecule has 11 heteroatoms. The van der Waals surface area contributed by atoms with Crippen LogP contribution < -0.4 is 20.4 Å². The smallest absolute Gasteiger partial charge is 0.387 e. The number of amides is 2. The van der Waals surface area contributed by atoms with E-state index in [1.807, 2.05) is 24.1 Å². The van der Waals surface area contributed by atoms with Gasteiger partial charge in [-0.3, -0.25) is 0 Å². The summed E-state index contributed by atoms with van der Waals surface area (Å²) in [5.41, 5.74) is 9.98. The van der Waals surface area contributed by atoms with E-state index in [9.17, 15) is 13.6 Å². The van der Waals surface area contributed by atoms with Crippen LogP contribution >= 0.6 is 0 Å². The first-order valence-electron chi connectivity index (χ1n) is 11.6. The average molecular weight is 496 g/mol. The number of fused-ring (bicyclic) bond motifs is 1. The fourth-order valence-corrected chi connectivity index (χ4v) is 4.61. The Morgan fingerprint density at radius 2 is 1.78 bits per heavy atom. The van der Waals surface area contributed by atoms with Crippen LogP contribution in [0.5, 0.6) is 5.75 Å². The van der Waals surface area contributed by atoms with Crippen molar-refractivity contribution >= 4 is 17.7 Å². The van der Waals surface area contributed by atoms with Gasteiger partial charge in [-0.05, 0) is 23.3 Å². The van der Waals surface area contributed by atoms with Gasteiger partial charge in [0.25, 0.3) is 0 Å². The third-order valence-electron chi connectivity index (χ3n) is 6.53. The van der Waals surface area contributed by atoms with Gasteiger partial charge >= 0.3 is 12.6 Å². The van der Waals surface area contributed by atoms with Gasteiger partial charge in [0.2, 0.25) is 5.95 Å². The minimum atomic E-state index is -2.88. The molecule has 0 saturated carbocycles. The molecule has 2 aliphatic heterocycles. The Hall–Kier alpha value is -3.99. The number of para-hydroxylation sites is 1. The number of anilines is 2. The quantitative estimate of drug-likeness (QED) is 0.561. The van der Waals surface area contributed by atoms with Crippen LogP contribution in [0, 0.1) is 0 Å². The second-order valence-electron chi connectivity index (χ2n) is 8.79. The van der Waals surface area contributed by atoms with Gasteiger partial charge in [0.1, 0.15) is 5.75 Å². The molecule has 2 aromatic carbocycles. The van der Waals surface area contributed by atoms with Crippen molar-refractivity contribution in [3.8, 4) is 16.9 Å². The topological polar surface area (TPSA) is 91.1 Å². The number of hydrogen-bond acceptors (Lipinski definition) is 7. The molecule has 0 atom stereocenters. The van der Waals surface area contributed by atoms with Crippen molar-refractivity contribution in [1.29, 1.82) is 0 Å². The first-order valence-corrected chi connectivity index (χ1v) is 11.6. The highest BCUT2D eigenvalue weighted by atomic mass is 19.3. The molecule has 0 spiro atoms. The Bertz CT molecular complexity index is 1230. The summed E-state index contributed by atoms with van der Waals surface area (Å²) in [4.78, 5) is 24.1. The first kappa shape index (κ1) is 23.7. The maximum absolute atomic E-state index is 12.9. The molecule has 0 aliphatic carbocycles. The summed E-state index contributed by atoms with van der Waals surface area (Å²) >= 11 is 0. The maximum Gasteiger partial charge on any atom is 0.387 e. The molecule has 0 radical (unpaired) electrons. The molecule has 3 aromatic rings. The maximum atomic E-state index is 12.9. The molecule has 2 N–H and O–H groups in total. The van der Waals surface area contributed by atoms with Crippen LogP contribution in [0.1, 0.15) is 11.1 Å². The van der Waals surface area contributed by atoms with Crippen molar-refractivity contribution in [1.82, 2.24) is 19.9 Å². The number of alkyl halides is 2. The van der Waals surface area contributed by atoms with Crippen molar-refractivity contribution in [3.63, 3.8) is 0 Å². The molecule has 2 amide bonds. The third-order valence-corrected chi connectivity index (χ3v) is 6.53. The predicted molar refractivity (Wildman–Crippen MR) is 132 cm³/mol. The largest absolute Gasteiger partial charge is 0.434 e. The van der Waals surface area contributed by atoms with Crippen LogP contribution in [0.4, 0.5) is 25.2 Å². The second-order valence-corrected chi connectivity index (χ2v) is 8.79. The van der Waals surface area contributed by atoms with Gasteiger partial charge in [0.05, 0.1) is 12.2 Å². The van der Waals surface area contributed by atoms with Crippen molar-refractivity contribution in [2.45, 2.75) is 19.7 Å². The molecule has 1 saturated heterocycles. The van der Waals surface area contributed by atoms with E-state index >= 15 is 0 Å². The van der Waals surface area contributed by atoms with Crippen molar-refractivity contribution in [2.75, 3.05) is 43.1 Å². The summed E-state index contributed by atoms with van der Waals surface area (Å²) in [5.74, 6) is 0.784. The van der Waals surface area contributed by atoms with Gasteiger partial charge in [-0.15, -0.1) is 0 Å². The number of nitrogens with two attached hydrogens (primary N) is 1. The van der Waals surface area contributed by atoms with E-state index in [1.54, 1.807) is 35.5 Å². The lowest BCUT2D eigenvalue weighted by atomic mass is 10.0.